The average Bonchev–Trinajstić information content (AvgIpc) is 3.84. The van der Waals surface area contributed by atoms with E-state index in [1.807, 2.05) is 6.07 Å². The lowest BCUT2D eigenvalue weighted by Gasteiger charge is -2.38. The standard InChI is InChI=1S/C69H50N4Si2/c1-9-27-51(28-10-1)67-70-68(52-45-46-66-64(49-52)63-43-25-26-44-65(63)73(66)54-29-11-2-12-30-54)72-69(71-67)53-47-61(74(55-31-13-3-14-32-55,56-33-15-4-16-34-56)57-35-17-5-18-36-57)50-62(48-53)75(58-37-19-6-20-38-58,59-39-21-7-22-40-59)60-41-23-8-24-42-60/h1-50H. The van der Waals surface area contributed by atoms with Gasteiger partial charge >= 0.3 is 0 Å². The molecule has 0 bridgehead atoms. The van der Waals surface area contributed by atoms with Gasteiger partial charge in [0, 0.05) is 33.2 Å². The number of aromatic nitrogens is 4. The first-order valence-electron chi connectivity index (χ1n) is 25.6. The van der Waals surface area contributed by atoms with Crippen LogP contribution in [0, 0.1) is 0 Å². The van der Waals surface area contributed by atoms with Crippen LogP contribution in [-0.2, 0) is 0 Å². The predicted octanol–water partition coefficient (Wildman–Crippen LogP) is 10.7. The largest absolute Gasteiger partial charge is 0.309 e. The minimum absolute atomic E-state index is 0.611. The van der Waals surface area contributed by atoms with Gasteiger partial charge in [0.25, 0.3) is 0 Å². The molecule has 0 saturated heterocycles. The van der Waals surface area contributed by atoms with E-state index in [1.165, 1.54) is 46.9 Å². The number of benzene rings is 11. The second-order valence-electron chi connectivity index (χ2n) is 19.1. The van der Waals surface area contributed by atoms with Crippen LogP contribution in [0.5, 0.6) is 0 Å². The molecule has 0 fully saturated rings. The maximum Gasteiger partial charge on any atom is 0.179 e. The van der Waals surface area contributed by atoms with E-state index in [1.54, 1.807) is 0 Å². The van der Waals surface area contributed by atoms with Crippen molar-refractivity contribution in [3.8, 4) is 39.9 Å². The van der Waals surface area contributed by atoms with E-state index in [0.29, 0.717) is 17.5 Å². The third kappa shape index (κ3) is 7.95. The zero-order valence-electron chi connectivity index (χ0n) is 41.2. The number of hydrogen-bond donors (Lipinski definition) is 0. The van der Waals surface area contributed by atoms with Crippen molar-refractivity contribution >= 4 is 79.4 Å². The Hall–Kier alpha value is -9.34. The number of hydrogen-bond acceptors (Lipinski definition) is 3. The van der Waals surface area contributed by atoms with Crippen molar-refractivity contribution in [1.29, 1.82) is 0 Å². The Bertz CT molecular complexity index is 3750. The number of nitrogens with zero attached hydrogens (tertiary/aromatic N) is 4. The van der Waals surface area contributed by atoms with Gasteiger partial charge in [0.05, 0.1) is 11.0 Å². The molecule has 0 saturated carbocycles. The van der Waals surface area contributed by atoms with Crippen molar-refractivity contribution in [3.05, 3.63) is 303 Å². The van der Waals surface area contributed by atoms with Gasteiger partial charge in [0.2, 0.25) is 0 Å². The summed E-state index contributed by atoms with van der Waals surface area (Å²) in [5, 5.41) is 12.6. The van der Waals surface area contributed by atoms with Gasteiger partial charge < -0.3 is 4.57 Å². The molecule has 75 heavy (non-hydrogen) atoms. The molecule has 0 radical (unpaired) electrons. The highest BCUT2D eigenvalue weighted by atomic mass is 28.3. The Labute approximate surface area is 439 Å². The number of rotatable bonds is 12. The monoisotopic (exact) mass is 990 g/mol. The van der Waals surface area contributed by atoms with Gasteiger partial charge in [-0.1, -0.05) is 267 Å². The molecule has 0 aliphatic rings. The lowest BCUT2D eigenvalue weighted by atomic mass is 10.1. The second kappa shape index (κ2) is 19.6. The second-order valence-corrected chi connectivity index (χ2v) is 26.7. The van der Waals surface area contributed by atoms with Crippen molar-refractivity contribution in [2.24, 2.45) is 0 Å². The van der Waals surface area contributed by atoms with Gasteiger partial charge in [-0.05, 0) is 77.9 Å². The molecule has 354 valence electrons. The molecule has 0 aliphatic heterocycles. The van der Waals surface area contributed by atoms with Crippen LogP contribution in [0.1, 0.15) is 0 Å². The van der Waals surface area contributed by atoms with Crippen molar-refractivity contribution in [2.45, 2.75) is 0 Å². The summed E-state index contributed by atoms with van der Waals surface area (Å²) in [6.45, 7) is 0. The first-order chi connectivity index (χ1) is 37.2. The molecule has 4 nitrogen and oxygen atoms in total. The first-order valence-corrected chi connectivity index (χ1v) is 29.6. The van der Waals surface area contributed by atoms with Crippen molar-refractivity contribution < 1.29 is 0 Å². The van der Waals surface area contributed by atoms with Gasteiger partial charge in [-0.2, -0.15) is 0 Å². The summed E-state index contributed by atoms with van der Waals surface area (Å²) in [6, 6.07) is 111. The van der Waals surface area contributed by atoms with Gasteiger partial charge in [-0.15, -0.1) is 0 Å². The Morgan fingerprint density at radius 1 is 0.227 bits per heavy atom. The molecule has 0 N–H and O–H groups in total. The molecule has 11 aromatic carbocycles. The van der Waals surface area contributed by atoms with Crippen LogP contribution in [0.25, 0.3) is 61.7 Å². The fourth-order valence-electron chi connectivity index (χ4n) is 11.6. The fourth-order valence-corrected chi connectivity index (χ4v) is 21.4. The molecule has 13 aromatic rings. The molecular weight excluding hydrogens is 941 g/mol. The van der Waals surface area contributed by atoms with Gasteiger partial charge in [-0.3, -0.25) is 0 Å². The smallest absolute Gasteiger partial charge is 0.179 e. The van der Waals surface area contributed by atoms with Crippen LogP contribution < -0.4 is 41.5 Å². The normalized spacial score (nSPS) is 11.7. The first kappa shape index (κ1) is 45.5. The summed E-state index contributed by atoms with van der Waals surface area (Å²) in [4.78, 5) is 16.5. The van der Waals surface area contributed by atoms with E-state index in [-0.39, 0.29) is 0 Å². The van der Waals surface area contributed by atoms with Crippen LogP contribution >= 0.6 is 0 Å². The molecule has 13 rings (SSSR count). The Morgan fingerprint density at radius 2 is 0.560 bits per heavy atom. The molecule has 2 heterocycles. The summed E-state index contributed by atoms with van der Waals surface area (Å²) >= 11 is 0. The lowest BCUT2D eigenvalue weighted by molar-refractivity contribution is 1.07. The lowest BCUT2D eigenvalue weighted by Crippen LogP contribution is -2.78. The summed E-state index contributed by atoms with van der Waals surface area (Å²) in [5.41, 5.74) is 6.15. The molecular formula is C69H50N4Si2. The number of para-hydroxylation sites is 2. The molecule has 0 unspecified atom stereocenters. The third-order valence-electron chi connectivity index (χ3n) is 14.9. The zero-order chi connectivity index (χ0) is 50.0. The van der Waals surface area contributed by atoms with Crippen LogP contribution in [0.15, 0.2) is 303 Å². The summed E-state index contributed by atoms with van der Waals surface area (Å²) in [7, 11) is -6.33. The van der Waals surface area contributed by atoms with E-state index >= 15 is 0 Å². The van der Waals surface area contributed by atoms with E-state index in [0.717, 1.165) is 38.8 Å². The molecule has 0 aliphatic carbocycles. The Balaban J connectivity index is 1.16. The van der Waals surface area contributed by atoms with Crippen LogP contribution in [0.2, 0.25) is 0 Å². The fraction of sp³-hybridized carbons (Fsp3) is 0. The molecule has 0 atom stereocenters. The third-order valence-corrected chi connectivity index (χ3v) is 24.4. The molecule has 0 spiro atoms. The topological polar surface area (TPSA) is 43.6 Å². The highest BCUT2D eigenvalue weighted by molar-refractivity contribution is 7.22. The highest BCUT2D eigenvalue weighted by Crippen LogP contribution is 2.35. The van der Waals surface area contributed by atoms with E-state index in [9.17, 15) is 0 Å². The van der Waals surface area contributed by atoms with Crippen LogP contribution in [0.4, 0.5) is 0 Å². The number of fused-ring (bicyclic) bond motifs is 3. The van der Waals surface area contributed by atoms with Crippen molar-refractivity contribution in [1.82, 2.24) is 19.5 Å². The minimum atomic E-state index is -3.17. The quantitative estimate of drug-likeness (QED) is 0.0905. The van der Waals surface area contributed by atoms with Crippen LogP contribution in [0.3, 0.4) is 0 Å². The molecule has 0 amide bonds. The van der Waals surface area contributed by atoms with Crippen molar-refractivity contribution in [3.63, 3.8) is 0 Å². The van der Waals surface area contributed by atoms with Crippen molar-refractivity contribution in [2.75, 3.05) is 0 Å². The highest BCUT2D eigenvalue weighted by Gasteiger charge is 2.46. The molecule has 6 heteroatoms. The Morgan fingerprint density at radius 3 is 0.987 bits per heavy atom. The zero-order valence-corrected chi connectivity index (χ0v) is 43.2. The summed E-state index contributed by atoms with van der Waals surface area (Å²) < 4.78 is 2.35. The Kier molecular flexibility index (Phi) is 11.9. The minimum Gasteiger partial charge on any atom is -0.309 e. The maximum atomic E-state index is 5.64. The SMILES string of the molecule is c1ccc(-c2nc(-c3cc([Si](c4ccccc4)(c4ccccc4)c4ccccc4)cc([Si](c4ccccc4)(c4ccccc4)c4ccccc4)c3)nc(-c3ccc4c(c3)c3ccccc3n4-c3ccccc3)n2)cc1. The van der Waals surface area contributed by atoms with E-state index in [2.05, 4.69) is 302 Å². The van der Waals surface area contributed by atoms with E-state index in [4.69, 9.17) is 15.0 Å². The summed E-state index contributed by atoms with van der Waals surface area (Å²) in [5.74, 6) is 1.84. The summed E-state index contributed by atoms with van der Waals surface area (Å²) in [6.07, 6.45) is 0. The van der Waals surface area contributed by atoms with Gasteiger partial charge in [0.15, 0.2) is 33.6 Å². The maximum absolute atomic E-state index is 5.64. The predicted molar refractivity (Wildman–Crippen MR) is 318 cm³/mol. The average molecular weight is 991 g/mol. The van der Waals surface area contributed by atoms with Crippen LogP contribution in [-0.4, -0.2) is 35.7 Å². The molecule has 2 aromatic heterocycles. The van der Waals surface area contributed by atoms with Gasteiger partial charge in [-0.25, -0.2) is 15.0 Å². The van der Waals surface area contributed by atoms with E-state index < -0.39 is 16.1 Å². The van der Waals surface area contributed by atoms with Gasteiger partial charge in [0.1, 0.15) is 0 Å².